The number of imidazole rings is 1. The Hall–Kier alpha value is -2.36. The molecule has 0 saturated carbocycles. The highest BCUT2D eigenvalue weighted by atomic mass is 16.5. The van der Waals surface area contributed by atoms with E-state index in [2.05, 4.69) is 36.4 Å². The lowest BCUT2D eigenvalue weighted by Gasteiger charge is -2.20. The van der Waals surface area contributed by atoms with Gasteiger partial charge in [-0.1, -0.05) is 39.0 Å². The summed E-state index contributed by atoms with van der Waals surface area (Å²) in [5, 5.41) is 0. The smallest absolute Gasteiger partial charge is 0.160 e. The molecule has 0 radical (unpaired) electrons. The van der Waals surface area contributed by atoms with E-state index in [0.717, 1.165) is 28.3 Å². The zero-order chi connectivity index (χ0) is 15.7. The van der Waals surface area contributed by atoms with Crippen molar-refractivity contribution in [3.63, 3.8) is 0 Å². The Morgan fingerprint density at radius 1 is 1.09 bits per heavy atom. The lowest BCUT2D eigenvalue weighted by molar-refractivity contribution is 0.407. The summed E-state index contributed by atoms with van der Waals surface area (Å²) in [6.07, 6.45) is 1.81. The first-order valence-corrected chi connectivity index (χ1v) is 7.44. The molecule has 2 heterocycles. The Labute approximate surface area is 130 Å². The molecule has 2 aromatic heterocycles. The number of nitrogens with zero attached hydrogens (tertiary/aromatic N) is 3. The van der Waals surface area contributed by atoms with Gasteiger partial charge in [-0.3, -0.25) is 0 Å². The summed E-state index contributed by atoms with van der Waals surface area (Å²) in [6.45, 7) is 7.22. The second-order valence-electron chi connectivity index (χ2n) is 6.43. The Balaban J connectivity index is 2.17. The molecule has 0 spiro atoms. The van der Waals surface area contributed by atoms with E-state index in [1.54, 1.807) is 7.11 Å². The number of methoxy groups -OCH3 is 1. The van der Waals surface area contributed by atoms with Gasteiger partial charge in [-0.05, 0) is 18.2 Å². The SMILES string of the molecule is COc1ccccc1Cn1c(C(C)(C)C)nc2cccnc21. The number of rotatable bonds is 3. The van der Waals surface area contributed by atoms with Crippen molar-refractivity contribution in [2.75, 3.05) is 7.11 Å². The largest absolute Gasteiger partial charge is 0.496 e. The molecule has 0 N–H and O–H groups in total. The Bertz CT molecular complexity index is 799. The molecule has 22 heavy (non-hydrogen) atoms. The van der Waals surface area contributed by atoms with Crippen LogP contribution in [0.5, 0.6) is 5.75 Å². The van der Waals surface area contributed by atoms with E-state index >= 15 is 0 Å². The van der Waals surface area contributed by atoms with Crippen molar-refractivity contribution in [3.8, 4) is 5.75 Å². The van der Waals surface area contributed by atoms with Crippen molar-refractivity contribution >= 4 is 11.2 Å². The minimum atomic E-state index is -0.0529. The number of benzene rings is 1. The Morgan fingerprint density at radius 3 is 2.59 bits per heavy atom. The number of hydrogen-bond donors (Lipinski definition) is 0. The molecule has 0 bridgehead atoms. The Kier molecular flexibility index (Phi) is 3.61. The van der Waals surface area contributed by atoms with Crippen molar-refractivity contribution < 1.29 is 4.74 Å². The van der Waals surface area contributed by atoms with Crippen molar-refractivity contribution in [2.24, 2.45) is 0 Å². The zero-order valence-corrected chi connectivity index (χ0v) is 13.5. The molecule has 0 atom stereocenters. The number of hydrogen-bond acceptors (Lipinski definition) is 3. The highest BCUT2D eigenvalue weighted by Gasteiger charge is 2.23. The van der Waals surface area contributed by atoms with Crippen LogP contribution in [-0.4, -0.2) is 21.6 Å². The molecule has 0 aliphatic rings. The van der Waals surface area contributed by atoms with Crippen LogP contribution < -0.4 is 4.74 Å². The van der Waals surface area contributed by atoms with E-state index in [-0.39, 0.29) is 5.41 Å². The fourth-order valence-electron chi connectivity index (χ4n) is 2.68. The van der Waals surface area contributed by atoms with E-state index < -0.39 is 0 Å². The molecule has 4 heteroatoms. The van der Waals surface area contributed by atoms with Gasteiger partial charge in [-0.25, -0.2) is 9.97 Å². The molecule has 0 saturated heterocycles. The molecule has 0 amide bonds. The highest BCUT2D eigenvalue weighted by Crippen LogP contribution is 2.28. The van der Waals surface area contributed by atoms with Gasteiger partial charge in [0.25, 0.3) is 0 Å². The minimum absolute atomic E-state index is 0.0529. The van der Waals surface area contributed by atoms with Gasteiger partial charge in [0.2, 0.25) is 0 Å². The highest BCUT2D eigenvalue weighted by molar-refractivity contribution is 5.71. The number of para-hydroxylation sites is 1. The van der Waals surface area contributed by atoms with Crippen LogP contribution in [0.2, 0.25) is 0 Å². The lowest BCUT2D eigenvalue weighted by atomic mass is 9.95. The van der Waals surface area contributed by atoms with Crippen LogP contribution in [0, 0.1) is 0 Å². The second kappa shape index (κ2) is 5.44. The predicted octanol–water partition coefficient (Wildman–Crippen LogP) is 3.79. The summed E-state index contributed by atoms with van der Waals surface area (Å²) in [6, 6.07) is 12.0. The first-order valence-electron chi connectivity index (χ1n) is 7.44. The van der Waals surface area contributed by atoms with Gasteiger partial charge in [0, 0.05) is 17.2 Å². The van der Waals surface area contributed by atoms with E-state index in [0.29, 0.717) is 6.54 Å². The van der Waals surface area contributed by atoms with Crippen LogP contribution in [0.3, 0.4) is 0 Å². The summed E-state index contributed by atoms with van der Waals surface area (Å²) in [5.41, 5.74) is 2.92. The normalized spacial score (nSPS) is 11.8. The van der Waals surface area contributed by atoms with Crippen LogP contribution in [0.1, 0.15) is 32.2 Å². The monoisotopic (exact) mass is 295 g/mol. The molecule has 0 fully saturated rings. The summed E-state index contributed by atoms with van der Waals surface area (Å²) < 4.78 is 7.67. The summed E-state index contributed by atoms with van der Waals surface area (Å²) >= 11 is 0. The number of ether oxygens (including phenoxy) is 1. The fourth-order valence-corrected chi connectivity index (χ4v) is 2.68. The van der Waals surface area contributed by atoms with Gasteiger partial charge >= 0.3 is 0 Å². The van der Waals surface area contributed by atoms with Crippen LogP contribution in [0.25, 0.3) is 11.2 Å². The van der Waals surface area contributed by atoms with Gasteiger partial charge < -0.3 is 9.30 Å². The van der Waals surface area contributed by atoms with Crippen LogP contribution in [-0.2, 0) is 12.0 Å². The third-order valence-corrected chi connectivity index (χ3v) is 3.70. The van der Waals surface area contributed by atoms with Crippen LogP contribution in [0.15, 0.2) is 42.6 Å². The van der Waals surface area contributed by atoms with Gasteiger partial charge in [-0.2, -0.15) is 0 Å². The fraction of sp³-hybridized carbons (Fsp3) is 0.333. The van der Waals surface area contributed by atoms with Gasteiger partial charge in [0.1, 0.15) is 17.1 Å². The molecule has 114 valence electrons. The van der Waals surface area contributed by atoms with Crippen LogP contribution >= 0.6 is 0 Å². The van der Waals surface area contributed by atoms with Gasteiger partial charge in [-0.15, -0.1) is 0 Å². The third kappa shape index (κ3) is 2.56. The van der Waals surface area contributed by atoms with E-state index in [4.69, 9.17) is 9.72 Å². The molecular formula is C18H21N3O. The molecule has 0 aliphatic heterocycles. The topological polar surface area (TPSA) is 39.9 Å². The lowest BCUT2D eigenvalue weighted by Crippen LogP contribution is -2.20. The number of aromatic nitrogens is 3. The quantitative estimate of drug-likeness (QED) is 0.738. The van der Waals surface area contributed by atoms with Crippen molar-refractivity contribution in [1.29, 1.82) is 0 Å². The molecule has 0 aliphatic carbocycles. The maximum atomic E-state index is 5.48. The maximum absolute atomic E-state index is 5.48. The average Bonchev–Trinajstić information content (AvgIpc) is 2.87. The van der Waals surface area contributed by atoms with E-state index in [1.165, 1.54) is 0 Å². The number of pyridine rings is 1. The average molecular weight is 295 g/mol. The zero-order valence-electron chi connectivity index (χ0n) is 13.5. The molecule has 4 nitrogen and oxygen atoms in total. The third-order valence-electron chi connectivity index (χ3n) is 3.70. The van der Waals surface area contributed by atoms with Crippen LogP contribution in [0.4, 0.5) is 0 Å². The first kappa shape index (κ1) is 14.6. The van der Waals surface area contributed by atoms with Crippen molar-refractivity contribution in [3.05, 3.63) is 54.0 Å². The van der Waals surface area contributed by atoms with Gasteiger partial charge in [0.05, 0.1) is 13.7 Å². The summed E-state index contributed by atoms with van der Waals surface area (Å²) in [7, 11) is 1.70. The van der Waals surface area contributed by atoms with E-state index in [1.807, 2.05) is 36.5 Å². The molecule has 3 aromatic rings. The minimum Gasteiger partial charge on any atom is -0.496 e. The van der Waals surface area contributed by atoms with Gasteiger partial charge in [0.15, 0.2) is 5.65 Å². The Morgan fingerprint density at radius 2 is 1.86 bits per heavy atom. The number of fused-ring (bicyclic) bond motifs is 1. The van der Waals surface area contributed by atoms with Crippen molar-refractivity contribution in [2.45, 2.75) is 32.7 Å². The first-order chi connectivity index (χ1) is 10.5. The summed E-state index contributed by atoms with van der Waals surface area (Å²) in [4.78, 5) is 9.32. The van der Waals surface area contributed by atoms with Crippen molar-refractivity contribution in [1.82, 2.24) is 14.5 Å². The maximum Gasteiger partial charge on any atom is 0.160 e. The molecular weight excluding hydrogens is 274 g/mol. The second-order valence-corrected chi connectivity index (χ2v) is 6.43. The molecule has 1 aromatic carbocycles. The summed E-state index contributed by atoms with van der Waals surface area (Å²) in [5.74, 6) is 1.92. The predicted molar refractivity (Wildman–Crippen MR) is 88.3 cm³/mol. The van der Waals surface area contributed by atoms with E-state index in [9.17, 15) is 0 Å². The molecule has 0 unspecified atom stereocenters. The molecule has 3 rings (SSSR count). The standard InChI is InChI=1S/C18H21N3O/c1-18(2,3)17-20-14-9-7-11-19-16(14)21(17)12-13-8-5-6-10-15(13)22-4/h5-11H,12H2,1-4H3.